The second-order valence-corrected chi connectivity index (χ2v) is 9.70. The fourth-order valence-electron chi connectivity index (χ4n) is 4.01. The standard InChI is InChI=1S/C22H23N3O6S/c1-24-21(27)17-6-3-7-18(19(17)22(24)28)23-20(26)14-5-4-12-25(13-14)32(29,30)16-10-8-15(31-2)9-11-16/h3,6-11,14H,4-5,12-13H2,1-2H3,(H,23,26). The number of nitrogens with one attached hydrogen (secondary N) is 1. The van der Waals surface area contributed by atoms with E-state index in [2.05, 4.69) is 5.32 Å². The highest BCUT2D eigenvalue weighted by molar-refractivity contribution is 7.89. The molecule has 0 saturated carbocycles. The average molecular weight is 458 g/mol. The summed E-state index contributed by atoms with van der Waals surface area (Å²) in [6, 6.07) is 10.8. The lowest BCUT2D eigenvalue weighted by molar-refractivity contribution is -0.120. The van der Waals surface area contributed by atoms with E-state index in [1.807, 2.05) is 0 Å². The molecule has 2 heterocycles. The summed E-state index contributed by atoms with van der Waals surface area (Å²) in [5.41, 5.74) is 0.653. The number of carbonyl (C=O) groups is 3. The summed E-state index contributed by atoms with van der Waals surface area (Å²) < 4.78 is 32.5. The van der Waals surface area contributed by atoms with E-state index in [4.69, 9.17) is 4.74 Å². The van der Waals surface area contributed by atoms with Gasteiger partial charge in [-0.05, 0) is 49.2 Å². The molecule has 0 aromatic heterocycles. The van der Waals surface area contributed by atoms with Crippen molar-refractivity contribution >= 4 is 33.4 Å². The van der Waals surface area contributed by atoms with Gasteiger partial charge in [-0.15, -0.1) is 0 Å². The van der Waals surface area contributed by atoms with Gasteiger partial charge in [-0.3, -0.25) is 19.3 Å². The normalized spacial score (nSPS) is 19.1. The van der Waals surface area contributed by atoms with Crippen molar-refractivity contribution in [2.24, 2.45) is 5.92 Å². The minimum Gasteiger partial charge on any atom is -0.497 e. The summed E-state index contributed by atoms with van der Waals surface area (Å²) in [5.74, 6) is -1.32. The second kappa shape index (κ2) is 8.36. The van der Waals surface area contributed by atoms with Gasteiger partial charge in [0.25, 0.3) is 11.8 Å². The first kappa shape index (κ1) is 22.0. The first-order valence-corrected chi connectivity index (χ1v) is 11.6. The van der Waals surface area contributed by atoms with E-state index in [1.165, 1.54) is 30.6 Å². The third kappa shape index (κ3) is 3.76. The van der Waals surface area contributed by atoms with Crippen molar-refractivity contribution in [3.63, 3.8) is 0 Å². The van der Waals surface area contributed by atoms with Crippen molar-refractivity contribution in [3.05, 3.63) is 53.6 Å². The van der Waals surface area contributed by atoms with Crippen molar-refractivity contribution < 1.29 is 27.5 Å². The molecule has 1 saturated heterocycles. The summed E-state index contributed by atoms with van der Waals surface area (Å²) >= 11 is 0. The monoisotopic (exact) mass is 457 g/mol. The van der Waals surface area contributed by atoms with Gasteiger partial charge in [-0.1, -0.05) is 6.07 Å². The van der Waals surface area contributed by atoms with Crippen LogP contribution >= 0.6 is 0 Å². The Labute approximate surface area is 186 Å². The molecule has 2 aliphatic rings. The molecule has 0 aliphatic carbocycles. The predicted octanol–water partition coefficient (Wildman–Crippen LogP) is 1.96. The zero-order valence-electron chi connectivity index (χ0n) is 17.7. The van der Waals surface area contributed by atoms with E-state index < -0.39 is 27.8 Å². The van der Waals surface area contributed by atoms with Crippen LogP contribution in [0.1, 0.15) is 33.6 Å². The molecule has 2 aromatic rings. The largest absolute Gasteiger partial charge is 0.497 e. The van der Waals surface area contributed by atoms with Crippen LogP contribution in [0, 0.1) is 5.92 Å². The fourth-order valence-corrected chi connectivity index (χ4v) is 5.54. The van der Waals surface area contributed by atoms with E-state index >= 15 is 0 Å². The Morgan fingerprint density at radius 3 is 2.50 bits per heavy atom. The molecule has 4 rings (SSSR count). The van der Waals surface area contributed by atoms with Crippen LogP contribution < -0.4 is 10.1 Å². The predicted molar refractivity (Wildman–Crippen MR) is 116 cm³/mol. The van der Waals surface area contributed by atoms with Crippen molar-refractivity contribution in [1.29, 1.82) is 0 Å². The van der Waals surface area contributed by atoms with E-state index in [9.17, 15) is 22.8 Å². The van der Waals surface area contributed by atoms with E-state index in [0.29, 0.717) is 25.1 Å². The van der Waals surface area contributed by atoms with E-state index in [0.717, 1.165) is 4.90 Å². The van der Waals surface area contributed by atoms with Crippen molar-refractivity contribution in [2.75, 3.05) is 32.6 Å². The zero-order chi connectivity index (χ0) is 23.0. The number of anilines is 1. The summed E-state index contributed by atoms with van der Waals surface area (Å²) in [5, 5.41) is 2.73. The topological polar surface area (TPSA) is 113 Å². The van der Waals surface area contributed by atoms with Gasteiger partial charge in [-0.25, -0.2) is 8.42 Å². The summed E-state index contributed by atoms with van der Waals surface area (Å²) in [6.45, 7) is 0.346. The number of amides is 3. The maximum absolute atomic E-state index is 13.0. The van der Waals surface area contributed by atoms with Crippen LogP contribution in [0.4, 0.5) is 5.69 Å². The molecule has 32 heavy (non-hydrogen) atoms. The Bertz CT molecular complexity index is 1190. The van der Waals surface area contributed by atoms with Crippen molar-refractivity contribution in [1.82, 2.24) is 9.21 Å². The highest BCUT2D eigenvalue weighted by Crippen LogP contribution is 2.30. The molecular weight excluding hydrogens is 434 g/mol. The molecule has 2 aromatic carbocycles. The van der Waals surface area contributed by atoms with Gasteiger partial charge in [0.15, 0.2) is 0 Å². The van der Waals surface area contributed by atoms with Gasteiger partial charge in [0.2, 0.25) is 15.9 Å². The van der Waals surface area contributed by atoms with Crippen LogP contribution in [0.2, 0.25) is 0 Å². The lowest BCUT2D eigenvalue weighted by atomic mass is 9.98. The molecule has 10 heteroatoms. The molecule has 168 valence electrons. The van der Waals surface area contributed by atoms with Gasteiger partial charge in [-0.2, -0.15) is 4.31 Å². The second-order valence-electron chi connectivity index (χ2n) is 7.76. The maximum Gasteiger partial charge on any atom is 0.263 e. The molecule has 3 amide bonds. The molecule has 0 radical (unpaired) electrons. The van der Waals surface area contributed by atoms with Crippen LogP contribution in [0.3, 0.4) is 0 Å². The molecule has 0 bridgehead atoms. The third-order valence-corrected chi connectivity index (χ3v) is 7.71. The SMILES string of the molecule is COc1ccc(S(=O)(=O)N2CCCC(C(=O)Nc3cccc4c3C(=O)N(C)C4=O)C2)cc1. The number of sulfonamides is 1. The molecule has 0 spiro atoms. The highest BCUT2D eigenvalue weighted by atomic mass is 32.2. The van der Waals surface area contributed by atoms with E-state index in [1.54, 1.807) is 30.3 Å². The number of benzene rings is 2. The van der Waals surface area contributed by atoms with Gasteiger partial charge < -0.3 is 10.1 Å². The minimum absolute atomic E-state index is 0.0298. The molecule has 1 N–H and O–H groups in total. The van der Waals surface area contributed by atoms with Gasteiger partial charge in [0.1, 0.15) is 5.75 Å². The maximum atomic E-state index is 13.0. The molecule has 9 nitrogen and oxygen atoms in total. The Hall–Kier alpha value is -3.24. The number of hydrogen-bond acceptors (Lipinski definition) is 6. The number of piperidine rings is 1. The summed E-state index contributed by atoms with van der Waals surface area (Å²) in [4.78, 5) is 38.7. The molecule has 1 fully saturated rings. The number of hydrogen-bond donors (Lipinski definition) is 1. The third-order valence-electron chi connectivity index (χ3n) is 5.83. The summed E-state index contributed by atoms with van der Waals surface area (Å²) in [6.07, 6.45) is 1.04. The Kier molecular flexibility index (Phi) is 5.74. The number of fused-ring (bicyclic) bond motifs is 1. The highest BCUT2D eigenvalue weighted by Gasteiger charge is 2.37. The van der Waals surface area contributed by atoms with E-state index in [-0.39, 0.29) is 34.2 Å². The Morgan fingerprint density at radius 1 is 1.09 bits per heavy atom. The van der Waals surface area contributed by atoms with Crippen LogP contribution in [-0.4, -0.2) is 62.6 Å². The van der Waals surface area contributed by atoms with Gasteiger partial charge >= 0.3 is 0 Å². The van der Waals surface area contributed by atoms with Crippen molar-refractivity contribution in [2.45, 2.75) is 17.7 Å². The molecule has 1 unspecified atom stereocenters. The number of methoxy groups -OCH3 is 1. The molecule has 1 atom stereocenters. The number of imide groups is 1. The Balaban J connectivity index is 1.52. The van der Waals surface area contributed by atoms with Crippen molar-refractivity contribution in [3.8, 4) is 5.75 Å². The van der Waals surface area contributed by atoms with Gasteiger partial charge in [0.05, 0.1) is 34.7 Å². The number of ether oxygens (including phenoxy) is 1. The van der Waals surface area contributed by atoms with Crippen LogP contribution in [0.5, 0.6) is 5.75 Å². The van der Waals surface area contributed by atoms with Gasteiger partial charge in [0, 0.05) is 20.1 Å². The molecule has 2 aliphatic heterocycles. The lowest BCUT2D eigenvalue weighted by Crippen LogP contribution is -2.43. The average Bonchev–Trinajstić information content (AvgIpc) is 3.04. The zero-order valence-corrected chi connectivity index (χ0v) is 18.5. The summed E-state index contributed by atoms with van der Waals surface area (Å²) in [7, 11) is -0.878. The first-order valence-electron chi connectivity index (χ1n) is 10.1. The molecular formula is C22H23N3O6S. The Morgan fingerprint density at radius 2 is 1.81 bits per heavy atom. The number of nitrogens with zero attached hydrogens (tertiary/aromatic N) is 2. The minimum atomic E-state index is -3.77. The lowest BCUT2D eigenvalue weighted by Gasteiger charge is -2.31. The number of rotatable bonds is 5. The fraction of sp³-hybridized carbons (Fsp3) is 0.318. The smallest absolute Gasteiger partial charge is 0.263 e. The van der Waals surface area contributed by atoms with Crippen LogP contribution in [0.15, 0.2) is 47.4 Å². The first-order chi connectivity index (χ1) is 15.2. The number of carbonyl (C=O) groups excluding carboxylic acids is 3. The quantitative estimate of drug-likeness (QED) is 0.687. The van der Waals surface area contributed by atoms with Crippen LogP contribution in [0.25, 0.3) is 0 Å². The van der Waals surface area contributed by atoms with Crippen LogP contribution in [-0.2, 0) is 14.8 Å².